The Balaban J connectivity index is 1.17. The Kier molecular flexibility index (Phi) is 7.89. The standard InChI is InChI=1S/C27H34N8O3S/c1-17-12-23(32-31-17)29-25-20-6-5-11-35(20)33-26(30-25)39-19-9-7-18(8-10-19)28-24(37)15-34-13-21(36)22(14-34)38-16-27(2,3)4/h5-12,21-22,36H,13-16H2,1-4H3,(H,28,37)(H2,29,30,31,32,33)/t21-,22-/m0/s1. The largest absolute Gasteiger partial charge is 0.389 e. The van der Waals surface area contributed by atoms with Gasteiger partial charge in [-0.2, -0.15) is 5.10 Å². The topological polar surface area (TPSA) is 133 Å². The second kappa shape index (κ2) is 11.3. The van der Waals surface area contributed by atoms with Crippen molar-refractivity contribution in [3.8, 4) is 0 Å². The number of rotatable bonds is 9. The van der Waals surface area contributed by atoms with E-state index in [4.69, 9.17) is 9.72 Å². The number of amides is 1. The molecule has 0 bridgehead atoms. The molecule has 1 aromatic carbocycles. The van der Waals surface area contributed by atoms with E-state index < -0.39 is 6.10 Å². The molecule has 0 unspecified atom stereocenters. The summed E-state index contributed by atoms with van der Waals surface area (Å²) in [5, 5.41) is 28.8. The van der Waals surface area contributed by atoms with Crippen LogP contribution >= 0.6 is 11.8 Å². The van der Waals surface area contributed by atoms with Gasteiger partial charge < -0.3 is 20.5 Å². The van der Waals surface area contributed by atoms with Gasteiger partial charge in [0.15, 0.2) is 11.6 Å². The third-order valence-electron chi connectivity index (χ3n) is 6.08. The zero-order chi connectivity index (χ0) is 27.6. The van der Waals surface area contributed by atoms with Crippen LogP contribution in [0, 0.1) is 12.3 Å². The Labute approximate surface area is 231 Å². The smallest absolute Gasteiger partial charge is 0.238 e. The first-order valence-electron chi connectivity index (χ1n) is 12.9. The minimum atomic E-state index is -0.594. The molecule has 3 aromatic heterocycles. The summed E-state index contributed by atoms with van der Waals surface area (Å²) >= 11 is 1.42. The molecule has 12 heteroatoms. The highest BCUT2D eigenvalue weighted by molar-refractivity contribution is 7.99. The summed E-state index contributed by atoms with van der Waals surface area (Å²) in [5.74, 6) is 1.21. The number of benzene rings is 1. The number of H-pyrrole nitrogens is 1. The molecule has 1 saturated heterocycles. The summed E-state index contributed by atoms with van der Waals surface area (Å²) in [6.45, 7) is 9.92. The fraction of sp³-hybridized carbons (Fsp3) is 0.407. The minimum absolute atomic E-state index is 0.0224. The van der Waals surface area contributed by atoms with Crippen LogP contribution < -0.4 is 10.6 Å². The Morgan fingerprint density at radius 1 is 1.23 bits per heavy atom. The number of carbonyl (C=O) groups is 1. The average molecular weight is 551 g/mol. The number of aromatic amines is 1. The molecule has 1 aliphatic rings. The van der Waals surface area contributed by atoms with E-state index in [2.05, 4.69) is 46.7 Å². The lowest BCUT2D eigenvalue weighted by Crippen LogP contribution is -2.33. The number of aliphatic hydroxyl groups is 1. The van der Waals surface area contributed by atoms with Crippen molar-refractivity contribution in [3.05, 3.63) is 54.4 Å². The monoisotopic (exact) mass is 550 g/mol. The molecule has 4 heterocycles. The number of nitrogens with one attached hydrogen (secondary N) is 3. The van der Waals surface area contributed by atoms with Crippen molar-refractivity contribution < 1.29 is 14.6 Å². The first-order chi connectivity index (χ1) is 18.6. The lowest BCUT2D eigenvalue weighted by molar-refractivity contribution is -0.117. The molecule has 4 aromatic rings. The van der Waals surface area contributed by atoms with Crippen molar-refractivity contribution in [1.29, 1.82) is 0 Å². The molecule has 39 heavy (non-hydrogen) atoms. The van der Waals surface area contributed by atoms with Crippen LogP contribution in [0.5, 0.6) is 0 Å². The van der Waals surface area contributed by atoms with Crippen LogP contribution in [-0.2, 0) is 9.53 Å². The number of aryl methyl sites for hydroxylation is 1. The molecule has 0 spiro atoms. The SMILES string of the molecule is Cc1cc(Nc2nc(Sc3ccc(NC(=O)CN4C[C@H](OCC(C)(C)C)[C@@H](O)C4)cc3)nn3cccc23)n[nH]1. The molecule has 206 valence electrons. The van der Waals surface area contributed by atoms with Gasteiger partial charge in [-0.15, -0.1) is 5.10 Å². The van der Waals surface area contributed by atoms with Crippen molar-refractivity contribution in [3.63, 3.8) is 0 Å². The Hall–Kier alpha value is -3.45. The van der Waals surface area contributed by atoms with Crippen LogP contribution in [0.15, 0.2) is 58.7 Å². The maximum absolute atomic E-state index is 12.6. The fourth-order valence-corrected chi connectivity index (χ4v) is 5.00. The number of aliphatic hydroxyl groups excluding tert-OH is 1. The van der Waals surface area contributed by atoms with Gasteiger partial charge in [-0.25, -0.2) is 9.50 Å². The molecular weight excluding hydrogens is 516 g/mol. The maximum atomic E-state index is 12.6. The molecule has 1 aliphatic heterocycles. The van der Waals surface area contributed by atoms with Gasteiger partial charge in [0.05, 0.1) is 25.4 Å². The highest BCUT2D eigenvalue weighted by atomic mass is 32.2. The first-order valence-corrected chi connectivity index (χ1v) is 13.7. The number of β-amino-alcohol motifs (C(OH)–C–C–N with tert-alkyl or cyclic N) is 1. The lowest BCUT2D eigenvalue weighted by Gasteiger charge is -2.23. The number of aromatic nitrogens is 5. The Morgan fingerprint density at radius 3 is 2.74 bits per heavy atom. The molecule has 1 fully saturated rings. The third-order valence-corrected chi connectivity index (χ3v) is 6.94. The molecule has 2 atom stereocenters. The van der Waals surface area contributed by atoms with E-state index >= 15 is 0 Å². The maximum Gasteiger partial charge on any atom is 0.238 e. The molecule has 11 nitrogen and oxygen atoms in total. The van der Waals surface area contributed by atoms with E-state index in [1.54, 1.807) is 4.52 Å². The van der Waals surface area contributed by atoms with Crippen LogP contribution in [0.1, 0.15) is 26.5 Å². The lowest BCUT2D eigenvalue weighted by atomic mass is 9.98. The van der Waals surface area contributed by atoms with Gasteiger partial charge in [0.2, 0.25) is 11.1 Å². The molecular formula is C27H34N8O3S. The van der Waals surface area contributed by atoms with Crippen LogP contribution in [0.25, 0.3) is 5.52 Å². The summed E-state index contributed by atoms with van der Waals surface area (Å²) in [5.41, 5.74) is 2.51. The van der Waals surface area contributed by atoms with Crippen molar-refractivity contribution in [2.75, 3.05) is 36.9 Å². The van der Waals surface area contributed by atoms with Gasteiger partial charge >= 0.3 is 0 Å². The van der Waals surface area contributed by atoms with Crippen LogP contribution in [0.3, 0.4) is 0 Å². The molecule has 1 amide bonds. The summed E-state index contributed by atoms with van der Waals surface area (Å²) in [6.07, 6.45) is 1.00. The highest BCUT2D eigenvalue weighted by Gasteiger charge is 2.33. The molecule has 5 rings (SSSR count). The normalized spacial score (nSPS) is 18.1. The van der Waals surface area contributed by atoms with Gasteiger partial charge in [-0.1, -0.05) is 20.8 Å². The first kappa shape index (κ1) is 27.1. The van der Waals surface area contributed by atoms with Crippen LogP contribution in [0.4, 0.5) is 17.3 Å². The predicted molar refractivity (Wildman–Crippen MR) is 150 cm³/mol. The van der Waals surface area contributed by atoms with E-state index in [1.807, 2.05) is 60.5 Å². The summed E-state index contributed by atoms with van der Waals surface area (Å²) in [7, 11) is 0. The second-order valence-corrected chi connectivity index (χ2v) is 12.0. The minimum Gasteiger partial charge on any atom is -0.389 e. The fourth-order valence-electron chi connectivity index (χ4n) is 4.25. The third kappa shape index (κ3) is 7.15. The second-order valence-electron chi connectivity index (χ2n) is 11.0. The van der Waals surface area contributed by atoms with Crippen molar-refractivity contribution in [2.24, 2.45) is 5.41 Å². The number of fused-ring (bicyclic) bond motifs is 1. The van der Waals surface area contributed by atoms with Gasteiger partial charge in [0.1, 0.15) is 5.52 Å². The number of ether oxygens (including phenoxy) is 1. The number of anilines is 3. The predicted octanol–water partition coefficient (Wildman–Crippen LogP) is 3.70. The molecule has 0 aliphatic carbocycles. The van der Waals surface area contributed by atoms with E-state index in [1.165, 1.54) is 11.8 Å². The van der Waals surface area contributed by atoms with E-state index in [0.717, 1.165) is 16.1 Å². The van der Waals surface area contributed by atoms with E-state index in [0.29, 0.717) is 42.2 Å². The van der Waals surface area contributed by atoms with Crippen molar-refractivity contribution in [1.82, 2.24) is 29.7 Å². The van der Waals surface area contributed by atoms with Gasteiger partial charge in [0, 0.05) is 41.6 Å². The molecule has 0 radical (unpaired) electrons. The van der Waals surface area contributed by atoms with Gasteiger partial charge in [-0.3, -0.25) is 14.8 Å². The summed E-state index contributed by atoms with van der Waals surface area (Å²) in [4.78, 5) is 20.2. The number of nitrogens with zero attached hydrogens (tertiary/aromatic N) is 5. The zero-order valence-corrected chi connectivity index (χ0v) is 23.3. The van der Waals surface area contributed by atoms with Crippen LogP contribution in [0.2, 0.25) is 0 Å². The number of likely N-dealkylation sites (tertiary alicyclic amines) is 1. The Bertz CT molecular complexity index is 1430. The Morgan fingerprint density at radius 2 is 2.03 bits per heavy atom. The number of hydrogen-bond donors (Lipinski definition) is 4. The molecule has 0 saturated carbocycles. The van der Waals surface area contributed by atoms with E-state index in [9.17, 15) is 9.90 Å². The molecule has 4 N–H and O–H groups in total. The zero-order valence-electron chi connectivity index (χ0n) is 22.5. The highest BCUT2D eigenvalue weighted by Crippen LogP contribution is 2.29. The quantitative estimate of drug-likeness (QED) is 0.246. The van der Waals surface area contributed by atoms with Crippen molar-refractivity contribution >= 4 is 40.5 Å². The van der Waals surface area contributed by atoms with Gasteiger partial charge in [0.25, 0.3) is 0 Å². The summed E-state index contributed by atoms with van der Waals surface area (Å²) in [6, 6.07) is 13.3. The van der Waals surface area contributed by atoms with Crippen molar-refractivity contribution in [2.45, 2.75) is 50.0 Å². The summed E-state index contributed by atoms with van der Waals surface area (Å²) < 4.78 is 7.66. The number of carbonyl (C=O) groups excluding carboxylic acids is 1. The average Bonchev–Trinajstić information content (AvgIpc) is 3.59. The van der Waals surface area contributed by atoms with Gasteiger partial charge in [-0.05, 0) is 60.5 Å². The van der Waals surface area contributed by atoms with E-state index in [-0.39, 0.29) is 24.0 Å². The van der Waals surface area contributed by atoms with Crippen LogP contribution in [-0.4, -0.2) is 79.2 Å². The number of hydrogen-bond acceptors (Lipinski definition) is 9.